The van der Waals surface area contributed by atoms with E-state index in [1.807, 2.05) is 15.2 Å². The van der Waals surface area contributed by atoms with Gasteiger partial charge < -0.3 is 14.9 Å². The third-order valence-corrected chi connectivity index (χ3v) is 3.28. The van der Waals surface area contributed by atoms with Gasteiger partial charge in [-0.3, -0.25) is 0 Å². The predicted octanol–water partition coefficient (Wildman–Crippen LogP) is 0.728. The molecule has 0 saturated carbocycles. The van der Waals surface area contributed by atoms with Crippen LogP contribution in [0.1, 0.15) is 5.82 Å². The number of nitrogens with two attached hydrogens (primary N) is 1. The van der Waals surface area contributed by atoms with E-state index in [9.17, 15) is 0 Å². The quantitative estimate of drug-likeness (QED) is 0.599. The Bertz CT molecular complexity index is 496. The van der Waals surface area contributed by atoms with E-state index < -0.39 is 0 Å². The second-order valence-electron chi connectivity index (χ2n) is 3.55. The van der Waals surface area contributed by atoms with E-state index in [4.69, 9.17) is 5.73 Å². The lowest BCUT2D eigenvalue weighted by atomic mass is 10.5. The maximum absolute atomic E-state index is 5.61. The number of aryl methyl sites for hydroxylation is 1. The third-order valence-electron chi connectivity index (χ3n) is 2.33. The maximum atomic E-state index is 5.61. The Morgan fingerprint density at radius 3 is 2.68 bits per heavy atom. The summed E-state index contributed by atoms with van der Waals surface area (Å²) < 4.78 is 3.90. The molecule has 0 fully saturated rings. The van der Waals surface area contributed by atoms with Crippen LogP contribution in [0.3, 0.4) is 0 Å². The van der Waals surface area contributed by atoms with Crippen molar-refractivity contribution in [2.75, 3.05) is 5.75 Å². The van der Waals surface area contributed by atoms with Crippen molar-refractivity contribution in [2.24, 2.45) is 5.73 Å². The fourth-order valence-corrected chi connectivity index (χ4v) is 2.39. The van der Waals surface area contributed by atoms with Crippen LogP contribution in [0, 0.1) is 0 Å². The molecule has 0 bridgehead atoms. The number of thioether (sulfide) groups is 1. The molecule has 2 heterocycles. The van der Waals surface area contributed by atoms with E-state index in [2.05, 4.69) is 27.0 Å². The van der Waals surface area contributed by atoms with Gasteiger partial charge in [0.25, 0.3) is 0 Å². The smallest absolute Gasteiger partial charge is 0.191 e. The van der Waals surface area contributed by atoms with E-state index in [1.165, 1.54) is 0 Å². The normalized spacial score (nSPS) is 10.2. The van der Waals surface area contributed by atoms with Gasteiger partial charge in [-0.15, -0.1) is 39.4 Å². The molecule has 0 aromatic carbocycles. The molecular weight excluding hydrogens is 286 g/mol. The Kier molecular flexibility index (Phi) is 6.54. The van der Waals surface area contributed by atoms with Gasteiger partial charge in [-0.25, -0.2) is 0 Å². The summed E-state index contributed by atoms with van der Waals surface area (Å²) in [5, 5.41) is 16.6. The van der Waals surface area contributed by atoms with E-state index in [0.717, 1.165) is 23.3 Å². The van der Waals surface area contributed by atoms with E-state index in [-0.39, 0.29) is 12.4 Å². The van der Waals surface area contributed by atoms with Gasteiger partial charge in [-0.1, -0.05) is 17.8 Å². The molecule has 2 N–H and O–H groups in total. The molecule has 0 aliphatic rings. The number of halogens is 1. The molecule has 0 radical (unpaired) electrons. The number of allylic oxidation sites excluding steroid dienone is 1. The summed E-state index contributed by atoms with van der Waals surface area (Å²) in [6.45, 7) is 5.61. The molecule has 104 valence electrons. The van der Waals surface area contributed by atoms with Crippen LogP contribution < -0.4 is 5.73 Å². The molecule has 0 atom stereocenters. The highest BCUT2D eigenvalue weighted by Gasteiger charge is 2.09. The fraction of sp³-hybridized carbons (Fsp3) is 0.400. The second-order valence-corrected chi connectivity index (χ2v) is 4.61. The average Bonchev–Trinajstić information content (AvgIpc) is 3.00. The van der Waals surface area contributed by atoms with Gasteiger partial charge in [0.15, 0.2) is 5.16 Å². The van der Waals surface area contributed by atoms with Crippen molar-refractivity contribution in [2.45, 2.75) is 24.8 Å². The summed E-state index contributed by atoms with van der Waals surface area (Å²) in [5.41, 5.74) is 5.61. The monoisotopic (exact) mass is 301 g/mol. The van der Waals surface area contributed by atoms with Crippen molar-refractivity contribution in [1.82, 2.24) is 29.5 Å². The largest absolute Gasteiger partial charge is 0.324 e. The minimum absolute atomic E-state index is 0. The first-order valence-corrected chi connectivity index (χ1v) is 6.52. The Balaban J connectivity index is 0.00000180. The van der Waals surface area contributed by atoms with Crippen molar-refractivity contribution in [1.29, 1.82) is 0 Å². The zero-order chi connectivity index (χ0) is 12.8. The first-order valence-electron chi connectivity index (χ1n) is 5.53. The van der Waals surface area contributed by atoms with Crippen molar-refractivity contribution >= 4 is 24.2 Å². The van der Waals surface area contributed by atoms with Gasteiger partial charge in [-0.05, 0) is 0 Å². The number of hydrogen-bond donors (Lipinski definition) is 1. The molecule has 19 heavy (non-hydrogen) atoms. The predicted molar refractivity (Wildman–Crippen MR) is 76.1 cm³/mol. The minimum atomic E-state index is 0. The Morgan fingerprint density at radius 1 is 1.32 bits per heavy atom. The number of hydrogen-bond acceptors (Lipinski definition) is 6. The van der Waals surface area contributed by atoms with Gasteiger partial charge in [-0.2, -0.15) is 0 Å². The maximum Gasteiger partial charge on any atom is 0.191 e. The molecule has 0 aliphatic heterocycles. The summed E-state index contributed by atoms with van der Waals surface area (Å²) >= 11 is 1.63. The molecule has 2 aromatic heterocycles. The van der Waals surface area contributed by atoms with Crippen molar-refractivity contribution in [3.8, 4) is 0 Å². The molecule has 2 aromatic rings. The lowest BCUT2D eigenvalue weighted by Gasteiger charge is -2.06. The van der Waals surface area contributed by atoms with Crippen LogP contribution in [-0.4, -0.2) is 35.3 Å². The Hall–Kier alpha value is -1.38. The number of rotatable bonds is 7. The van der Waals surface area contributed by atoms with Gasteiger partial charge in [0, 0.05) is 18.8 Å². The summed E-state index contributed by atoms with van der Waals surface area (Å²) in [5.74, 6) is 1.65. The second kappa shape index (κ2) is 7.93. The van der Waals surface area contributed by atoms with Crippen LogP contribution in [0.4, 0.5) is 0 Å². The highest BCUT2D eigenvalue weighted by Crippen LogP contribution is 2.17. The van der Waals surface area contributed by atoms with Gasteiger partial charge in [0.2, 0.25) is 0 Å². The topological polar surface area (TPSA) is 87.4 Å². The molecule has 9 heteroatoms. The summed E-state index contributed by atoms with van der Waals surface area (Å²) in [4.78, 5) is 0. The van der Waals surface area contributed by atoms with Crippen molar-refractivity contribution in [3.05, 3.63) is 31.1 Å². The zero-order valence-electron chi connectivity index (χ0n) is 10.3. The van der Waals surface area contributed by atoms with Crippen LogP contribution in [0.15, 0.2) is 30.5 Å². The molecular formula is C10H16ClN7S. The Labute approximate surface area is 121 Å². The Morgan fingerprint density at radius 2 is 2.05 bits per heavy atom. The average molecular weight is 302 g/mol. The third kappa shape index (κ3) is 4.05. The SMILES string of the molecule is C=CCn1c(CN)nnc1SCCn1cnnc1.Cl. The van der Waals surface area contributed by atoms with E-state index in [1.54, 1.807) is 24.4 Å². The van der Waals surface area contributed by atoms with Gasteiger partial charge in [0.1, 0.15) is 18.5 Å². The summed E-state index contributed by atoms with van der Waals surface area (Å²) in [6.07, 6.45) is 5.20. The van der Waals surface area contributed by atoms with Crippen molar-refractivity contribution in [3.63, 3.8) is 0 Å². The molecule has 0 saturated heterocycles. The van der Waals surface area contributed by atoms with Crippen LogP contribution in [0.5, 0.6) is 0 Å². The highest BCUT2D eigenvalue weighted by molar-refractivity contribution is 7.99. The lowest BCUT2D eigenvalue weighted by Crippen LogP contribution is -2.09. The van der Waals surface area contributed by atoms with Gasteiger partial charge >= 0.3 is 0 Å². The molecule has 0 unspecified atom stereocenters. The van der Waals surface area contributed by atoms with Crippen LogP contribution in [0.2, 0.25) is 0 Å². The summed E-state index contributed by atoms with van der Waals surface area (Å²) in [6, 6.07) is 0. The zero-order valence-corrected chi connectivity index (χ0v) is 12.0. The summed E-state index contributed by atoms with van der Waals surface area (Å²) in [7, 11) is 0. The number of aromatic nitrogens is 6. The fourth-order valence-electron chi connectivity index (χ4n) is 1.47. The minimum Gasteiger partial charge on any atom is -0.324 e. The first-order chi connectivity index (χ1) is 8.85. The van der Waals surface area contributed by atoms with Gasteiger partial charge in [0.05, 0.1) is 6.54 Å². The number of nitrogens with zero attached hydrogens (tertiary/aromatic N) is 6. The first kappa shape index (κ1) is 15.7. The van der Waals surface area contributed by atoms with E-state index in [0.29, 0.717) is 13.1 Å². The molecule has 0 amide bonds. The lowest BCUT2D eigenvalue weighted by molar-refractivity contribution is 0.678. The molecule has 0 spiro atoms. The van der Waals surface area contributed by atoms with E-state index >= 15 is 0 Å². The molecule has 0 aliphatic carbocycles. The van der Waals surface area contributed by atoms with Crippen molar-refractivity contribution < 1.29 is 0 Å². The van der Waals surface area contributed by atoms with Crippen LogP contribution in [-0.2, 0) is 19.6 Å². The van der Waals surface area contributed by atoms with Crippen LogP contribution in [0.25, 0.3) is 0 Å². The molecule has 2 rings (SSSR count). The molecule has 7 nitrogen and oxygen atoms in total. The standard InChI is InChI=1S/C10H15N7S.ClH/c1-2-3-17-9(6-11)14-15-10(17)18-5-4-16-7-12-13-8-16;/h2,7-8H,1,3-6,11H2;1H. The van der Waals surface area contributed by atoms with Crippen LogP contribution >= 0.6 is 24.2 Å². The highest BCUT2D eigenvalue weighted by atomic mass is 35.5.